The Morgan fingerprint density at radius 3 is 2.68 bits per heavy atom. The summed E-state index contributed by atoms with van der Waals surface area (Å²) in [6.07, 6.45) is 0.137. The van der Waals surface area contributed by atoms with Gasteiger partial charge in [0.1, 0.15) is 5.82 Å². The highest BCUT2D eigenvalue weighted by molar-refractivity contribution is 5.80. The number of nitrogens with zero attached hydrogens (tertiary/aromatic N) is 1. The molecule has 122 valence electrons. The summed E-state index contributed by atoms with van der Waals surface area (Å²) >= 11 is 0. The number of guanidine groups is 1. The average Bonchev–Trinajstić information content (AvgIpc) is 2.45. The third-order valence-electron chi connectivity index (χ3n) is 2.70. The van der Waals surface area contributed by atoms with Gasteiger partial charge in [0.2, 0.25) is 0 Å². The first-order valence-electron chi connectivity index (χ1n) is 7.48. The van der Waals surface area contributed by atoms with Crippen molar-refractivity contribution in [3.63, 3.8) is 0 Å². The SMILES string of the molecule is CCNC(=NCc1ccccc1F)NCCC(=O)OC(C)C. The lowest BCUT2D eigenvalue weighted by Crippen LogP contribution is -2.38. The molecule has 0 heterocycles. The fraction of sp³-hybridized carbons (Fsp3) is 0.500. The van der Waals surface area contributed by atoms with E-state index in [4.69, 9.17) is 4.74 Å². The number of nitrogens with one attached hydrogen (secondary N) is 2. The fourth-order valence-corrected chi connectivity index (χ4v) is 1.74. The van der Waals surface area contributed by atoms with Gasteiger partial charge in [-0.3, -0.25) is 4.79 Å². The van der Waals surface area contributed by atoms with Crippen molar-refractivity contribution >= 4 is 11.9 Å². The maximum atomic E-state index is 13.5. The minimum absolute atomic E-state index is 0.115. The molecule has 0 atom stereocenters. The molecular weight excluding hydrogens is 285 g/mol. The predicted molar refractivity (Wildman–Crippen MR) is 85.1 cm³/mol. The number of carbonyl (C=O) groups excluding carboxylic acids is 1. The summed E-state index contributed by atoms with van der Waals surface area (Å²) in [6.45, 7) is 6.89. The van der Waals surface area contributed by atoms with Crippen molar-refractivity contribution in [3.05, 3.63) is 35.6 Å². The zero-order chi connectivity index (χ0) is 16.4. The lowest BCUT2D eigenvalue weighted by atomic mass is 10.2. The van der Waals surface area contributed by atoms with Gasteiger partial charge < -0.3 is 15.4 Å². The monoisotopic (exact) mass is 309 g/mol. The number of carbonyl (C=O) groups is 1. The second-order valence-electron chi connectivity index (χ2n) is 5.00. The van der Waals surface area contributed by atoms with Crippen molar-refractivity contribution < 1.29 is 13.9 Å². The number of hydrogen-bond acceptors (Lipinski definition) is 3. The van der Waals surface area contributed by atoms with E-state index in [1.807, 2.05) is 20.8 Å². The molecule has 6 heteroatoms. The van der Waals surface area contributed by atoms with Gasteiger partial charge in [-0.15, -0.1) is 0 Å². The van der Waals surface area contributed by atoms with E-state index in [0.717, 1.165) is 0 Å². The zero-order valence-corrected chi connectivity index (χ0v) is 13.4. The Morgan fingerprint density at radius 2 is 2.05 bits per heavy atom. The van der Waals surface area contributed by atoms with Crippen molar-refractivity contribution in [2.75, 3.05) is 13.1 Å². The summed E-state index contributed by atoms with van der Waals surface area (Å²) in [6, 6.07) is 6.53. The van der Waals surface area contributed by atoms with Crippen LogP contribution in [0.2, 0.25) is 0 Å². The van der Waals surface area contributed by atoms with Crippen LogP contribution in [0.5, 0.6) is 0 Å². The van der Waals surface area contributed by atoms with Crippen molar-refractivity contribution in [1.29, 1.82) is 0 Å². The van der Waals surface area contributed by atoms with Crippen LogP contribution in [0, 0.1) is 5.82 Å². The molecule has 1 aromatic carbocycles. The summed E-state index contributed by atoms with van der Waals surface area (Å²) in [5.74, 6) is 0.0122. The maximum absolute atomic E-state index is 13.5. The largest absolute Gasteiger partial charge is 0.463 e. The Labute approximate surface area is 131 Å². The number of esters is 1. The average molecular weight is 309 g/mol. The molecule has 0 amide bonds. The summed E-state index contributed by atoms with van der Waals surface area (Å²) in [5.41, 5.74) is 0.527. The first-order valence-corrected chi connectivity index (χ1v) is 7.48. The number of rotatable bonds is 7. The van der Waals surface area contributed by atoms with Crippen molar-refractivity contribution in [2.24, 2.45) is 4.99 Å². The third-order valence-corrected chi connectivity index (χ3v) is 2.70. The van der Waals surface area contributed by atoms with Gasteiger partial charge in [0.25, 0.3) is 0 Å². The highest BCUT2D eigenvalue weighted by atomic mass is 19.1. The van der Waals surface area contributed by atoms with E-state index in [1.165, 1.54) is 6.07 Å². The third kappa shape index (κ3) is 7.06. The van der Waals surface area contributed by atoms with Crippen LogP contribution in [0.15, 0.2) is 29.3 Å². The van der Waals surface area contributed by atoms with Gasteiger partial charge in [-0.2, -0.15) is 0 Å². The van der Waals surface area contributed by atoms with E-state index in [9.17, 15) is 9.18 Å². The molecule has 5 nitrogen and oxygen atoms in total. The zero-order valence-electron chi connectivity index (χ0n) is 13.4. The van der Waals surface area contributed by atoms with Crippen LogP contribution in [0.4, 0.5) is 4.39 Å². The summed E-state index contributed by atoms with van der Waals surface area (Å²) in [5, 5.41) is 6.08. The van der Waals surface area contributed by atoms with Crippen molar-refractivity contribution in [2.45, 2.75) is 39.8 Å². The highest BCUT2D eigenvalue weighted by Gasteiger charge is 2.06. The molecule has 0 fully saturated rings. The number of aliphatic imine (C=N–C) groups is 1. The Morgan fingerprint density at radius 1 is 1.32 bits per heavy atom. The molecule has 0 unspecified atom stereocenters. The molecule has 0 aliphatic rings. The second-order valence-corrected chi connectivity index (χ2v) is 5.00. The predicted octanol–water partition coefficient (Wildman–Crippen LogP) is 2.22. The van der Waals surface area contributed by atoms with Crippen molar-refractivity contribution in [1.82, 2.24) is 10.6 Å². The molecule has 2 N–H and O–H groups in total. The molecule has 0 saturated carbocycles. The molecule has 22 heavy (non-hydrogen) atoms. The highest BCUT2D eigenvalue weighted by Crippen LogP contribution is 2.07. The number of ether oxygens (including phenoxy) is 1. The van der Waals surface area contributed by atoms with E-state index in [2.05, 4.69) is 15.6 Å². The quantitative estimate of drug-likeness (QED) is 0.460. The van der Waals surface area contributed by atoms with E-state index in [1.54, 1.807) is 18.2 Å². The van der Waals surface area contributed by atoms with Gasteiger partial charge in [-0.05, 0) is 26.8 Å². The van der Waals surface area contributed by atoms with E-state index >= 15 is 0 Å². The minimum atomic E-state index is -0.275. The normalized spacial score (nSPS) is 11.4. The van der Waals surface area contributed by atoms with E-state index in [-0.39, 0.29) is 30.9 Å². The van der Waals surface area contributed by atoms with Gasteiger partial charge in [0.05, 0.1) is 19.1 Å². The minimum Gasteiger partial charge on any atom is -0.463 e. The first kappa shape index (κ1) is 17.9. The van der Waals surface area contributed by atoms with Crippen molar-refractivity contribution in [3.8, 4) is 0 Å². The van der Waals surface area contributed by atoms with E-state index in [0.29, 0.717) is 24.6 Å². The van der Waals surface area contributed by atoms with Gasteiger partial charge in [0.15, 0.2) is 5.96 Å². The van der Waals surface area contributed by atoms with Crippen LogP contribution in [0.25, 0.3) is 0 Å². The molecule has 1 aromatic rings. The molecule has 0 bridgehead atoms. The molecule has 0 aliphatic heterocycles. The summed E-state index contributed by atoms with van der Waals surface area (Å²) in [7, 11) is 0. The number of halogens is 1. The lowest BCUT2D eigenvalue weighted by molar-refractivity contribution is -0.147. The molecular formula is C16H24FN3O2. The van der Waals surface area contributed by atoms with Gasteiger partial charge in [-0.1, -0.05) is 18.2 Å². The van der Waals surface area contributed by atoms with Crippen LogP contribution in [-0.4, -0.2) is 31.1 Å². The Kier molecular flexibility index (Phi) is 7.96. The van der Waals surface area contributed by atoms with Gasteiger partial charge >= 0.3 is 5.97 Å². The Bertz CT molecular complexity index is 504. The summed E-state index contributed by atoms with van der Waals surface area (Å²) in [4.78, 5) is 15.7. The van der Waals surface area contributed by atoms with Crippen LogP contribution < -0.4 is 10.6 Å². The number of hydrogen-bond donors (Lipinski definition) is 2. The van der Waals surface area contributed by atoms with Crippen LogP contribution in [0.3, 0.4) is 0 Å². The van der Waals surface area contributed by atoms with Crippen LogP contribution >= 0.6 is 0 Å². The lowest BCUT2D eigenvalue weighted by Gasteiger charge is -2.12. The molecule has 0 spiro atoms. The molecule has 0 radical (unpaired) electrons. The molecule has 0 saturated heterocycles. The van der Waals surface area contributed by atoms with Crippen LogP contribution in [-0.2, 0) is 16.1 Å². The molecule has 0 aromatic heterocycles. The van der Waals surface area contributed by atoms with Gasteiger partial charge in [0, 0.05) is 18.7 Å². The fourth-order valence-electron chi connectivity index (χ4n) is 1.74. The Hall–Kier alpha value is -2.11. The number of benzene rings is 1. The maximum Gasteiger partial charge on any atom is 0.307 e. The first-order chi connectivity index (χ1) is 10.5. The summed E-state index contributed by atoms with van der Waals surface area (Å²) < 4.78 is 18.6. The smallest absolute Gasteiger partial charge is 0.307 e. The topological polar surface area (TPSA) is 62.7 Å². The van der Waals surface area contributed by atoms with Crippen LogP contribution in [0.1, 0.15) is 32.8 Å². The molecule has 0 aliphatic carbocycles. The standard InChI is InChI=1S/C16H24FN3O2/c1-4-18-16(19-10-9-15(21)22-12(2)3)20-11-13-7-5-6-8-14(13)17/h5-8,12H,4,9-11H2,1-3H3,(H2,18,19,20). The Balaban J connectivity index is 2.49. The molecule has 1 rings (SSSR count). The second kappa shape index (κ2) is 9.76. The van der Waals surface area contributed by atoms with Gasteiger partial charge in [-0.25, -0.2) is 9.38 Å². The van der Waals surface area contributed by atoms with E-state index < -0.39 is 0 Å².